The van der Waals surface area contributed by atoms with Crippen LogP contribution < -0.4 is 5.32 Å². The largest absolute Gasteiger partial charge is 0.481 e. The van der Waals surface area contributed by atoms with Crippen LogP contribution in [0.25, 0.3) is 0 Å². The van der Waals surface area contributed by atoms with Gasteiger partial charge < -0.3 is 14.8 Å². The van der Waals surface area contributed by atoms with Gasteiger partial charge in [-0.15, -0.1) is 0 Å². The van der Waals surface area contributed by atoms with Gasteiger partial charge in [0.05, 0.1) is 18.7 Å². The normalized spacial score (nSPS) is 25.5. The number of carboxylic acid groups (broad SMARTS) is 1. The Bertz CT molecular complexity index is 334. The molecule has 16 heavy (non-hydrogen) atoms. The first kappa shape index (κ1) is 11.2. The van der Waals surface area contributed by atoms with Crippen molar-refractivity contribution in [1.82, 2.24) is 5.32 Å². The minimum Gasteiger partial charge on any atom is -0.481 e. The molecule has 2 rings (SSSR count). The molecule has 1 saturated carbocycles. The molecule has 1 aromatic rings. The molecule has 0 saturated heterocycles. The molecule has 0 spiro atoms. The molecule has 88 valence electrons. The maximum absolute atomic E-state index is 10.9. The Morgan fingerprint density at radius 3 is 3.12 bits per heavy atom. The minimum absolute atomic E-state index is 0.178. The van der Waals surface area contributed by atoms with Gasteiger partial charge >= 0.3 is 5.97 Å². The first-order valence-corrected chi connectivity index (χ1v) is 5.74. The van der Waals surface area contributed by atoms with Crippen LogP contribution in [0.3, 0.4) is 0 Å². The number of nitrogens with one attached hydrogen (secondary N) is 1. The van der Waals surface area contributed by atoms with Gasteiger partial charge in [0, 0.05) is 6.04 Å². The summed E-state index contributed by atoms with van der Waals surface area (Å²) in [4.78, 5) is 10.9. The van der Waals surface area contributed by atoms with Crippen LogP contribution in [0.2, 0.25) is 0 Å². The molecule has 1 fully saturated rings. The minimum atomic E-state index is -0.663. The van der Waals surface area contributed by atoms with Crippen LogP contribution in [0.5, 0.6) is 0 Å². The van der Waals surface area contributed by atoms with Crippen LogP contribution in [-0.2, 0) is 11.3 Å². The topological polar surface area (TPSA) is 62.5 Å². The van der Waals surface area contributed by atoms with E-state index in [1.54, 1.807) is 6.26 Å². The Kier molecular flexibility index (Phi) is 3.62. The number of furan rings is 1. The smallest absolute Gasteiger partial charge is 0.306 e. The van der Waals surface area contributed by atoms with Crippen molar-refractivity contribution < 1.29 is 14.3 Å². The molecule has 0 bridgehead atoms. The molecule has 0 radical (unpaired) electrons. The summed E-state index contributed by atoms with van der Waals surface area (Å²) in [6.45, 7) is 0.685. The first-order chi connectivity index (χ1) is 7.75. The molecule has 0 aliphatic heterocycles. The summed E-state index contributed by atoms with van der Waals surface area (Å²) in [5, 5.41) is 12.3. The zero-order chi connectivity index (χ0) is 11.4. The van der Waals surface area contributed by atoms with Crippen molar-refractivity contribution in [3.8, 4) is 0 Å². The van der Waals surface area contributed by atoms with Crippen molar-refractivity contribution in [2.24, 2.45) is 5.92 Å². The third-order valence-electron chi connectivity index (χ3n) is 3.17. The van der Waals surface area contributed by atoms with Crippen LogP contribution in [0.1, 0.15) is 31.4 Å². The van der Waals surface area contributed by atoms with Crippen molar-refractivity contribution in [2.75, 3.05) is 0 Å². The van der Waals surface area contributed by atoms with E-state index in [2.05, 4.69) is 5.32 Å². The molecular weight excluding hydrogens is 206 g/mol. The van der Waals surface area contributed by atoms with Crippen LogP contribution in [0.4, 0.5) is 0 Å². The second-order valence-electron chi connectivity index (χ2n) is 4.36. The van der Waals surface area contributed by atoms with Gasteiger partial charge in [-0.05, 0) is 31.4 Å². The Balaban J connectivity index is 1.79. The number of carboxylic acids is 1. The number of hydrogen-bond acceptors (Lipinski definition) is 3. The Morgan fingerprint density at radius 1 is 1.56 bits per heavy atom. The van der Waals surface area contributed by atoms with E-state index < -0.39 is 5.97 Å². The summed E-state index contributed by atoms with van der Waals surface area (Å²) in [6.07, 6.45) is 5.25. The molecule has 2 atom stereocenters. The lowest BCUT2D eigenvalue weighted by Crippen LogP contribution is -2.35. The summed E-state index contributed by atoms with van der Waals surface area (Å²) >= 11 is 0. The van der Waals surface area contributed by atoms with Crippen LogP contribution in [0, 0.1) is 5.92 Å². The van der Waals surface area contributed by atoms with Gasteiger partial charge in [0.2, 0.25) is 0 Å². The highest BCUT2D eigenvalue weighted by Gasteiger charge is 2.26. The van der Waals surface area contributed by atoms with Crippen LogP contribution in [0.15, 0.2) is 22.8 Å². The second kappa shape index (κ2) is 5.16. The van der Waals surface area contributed by atoms with Gasteiger partial charge in [-0.1, -0.05) is 6.42 Å². The summed E-state index contributed by atoms with van der Waals surface area (Å²) in [7, 11) is 0. The third-order valence-corrected chi connectivity index (χ3v) is 3.17. The summed E-state index contributed by atoms with van der Waals surface area (Å²) < 4.78 is 5.22. The lowest BCUT2D eigenvalue weighted by atomic mass is 9.86. The van der Waals surface area contributed by atoms with E-state index in [0.717, 1.165) is 31.4 Å². The lowest BCUT2D eigenvalue weighted by Gasteiger charge is -2.27. The fraction of sp³-hybridized carbons (Fsp3) is 0.583. The molecule has 4 nitrogen and oxygen atoms in total. The predicted molar refractivity (Wildman–Crippen MR) is 58.9 cm³/mol. The maximum atomic E-state index is 10.9. The summed E-state index contributed by atoms with van der Waals surface area (Å²) in [5.41, 5.74) is 0. The second-order valence-corrected chi connectivity index (χ2v) is 4.36. The summed E-state index contributed by atoms with van der Waals surface area (Å²) in [6, 6.07) is 4.09. The van der Waals surface area contributed by atoms with Crippen molar-refractivity contribution in [3.63, 3.8) is 0 Å². The van der Waals surface area contributed by atoms with Gasteiger partial charge in [-0.25, -0.2) is 0 Å². The van der Waals surface area contributed by atoms with Crippen LogP contribution >= 0.6 is 0 Å². The van der Waals surface area contributed by atoms with E-state index in [1.807, 2.05) is 12.1 Å². The third kappa shape index (κ3) is 2.85. The molecular formula is C12H17NO3. The first-order valence-electron chi connectivity index (χ1n) is 5.74. The van der Waals surface area contributed by atoms with E-state index >= 15 is 0 Å². The quantitative estimate of drug-likeness (QED) is 0.819. The zero-order valence-electron chi connectivity index (χ0n) is 9.19. The molecule has 2 N–H and O–H groups in total. The van der Waals surface area contributed by atoms with E-state index in [1.165, 1.54) is 0 Å². The van der Waals surface area contributed by atoms with Crippen molar-refractivity contribution in [3.05, 3.63) is 24.2 Å². The maximum Gasteiger partial charge on any atom is 0.306 e. The standard InChI is InChI=1S/C12H17NO3/c14-12(15)9-3-1-4-10(7-9)13-8-11-5-2-6-16-11/h2,5-6,9-10,13H,1,3-4,7-8H2,(H,14,15). The number of hydrogen-bond donors (Lipinski definition) is 2. The van der Waals surface area contributed by atoms with E-state index in [0.29, 0.717) is 12.6 Å². The van der Waals surface area contributed by atoms with E-state index in [4.69, 9.17) is 9.52 Å². The van der Waals surface area contributed by atoms with E-state index in [9.17, 15) is 4.79 Å². The molecule has 4 heteroatoms. The fourth-order valence-corrected chi connectivity index (χ4v) is 2.26. The number of carbonyl (C=O) groups is 1. The monoisotopic (exact) mass is 223 g/mol. The molecule has 0 aromatic carbocycles. The average molecular weight is 223 g/mol. The van der Waals surface area contributed by atoms with Gasteiger partial charge in [-0.2, -0.15) is 0 Å². The Labute approximate surface area is 94.6 Å². The SMILES string of the molecule is O=C(O)C1CCCC(NCc2ccco2)C1. The summed E-state index contributed by atoms with van der Waals surface area (Å²) in [5.74, 6) is 0.0600. The molecule has 1 aliphatic rings. The van der Waals surface area contributed by atoms with Crippen molar-refractivity contribution in [1.29, 1.82) is 0 Å². The number of rotatable bonds is 4. The molecule has 1 aromatic heterocycles. The molecule has 1 aliphatic carbocycles. The Morgan fingerprint density at radius 2 is 2.44 bits per heavy atom. The van der Waals surface area contributed by atoms with Crippen molar-refractivity contribution in [2.45, 2.75) is 38.3 Å². The van der Waals surface area contributed by atoms with Gasteiger partial charge in [0.1, 0.15) is 5.76 Å². The van der Waals surface area contributed by atoms with Gasteiger partial charge in [0.25, 0.3) is 0 Å². The van der Waals surface area contributed by atoms with Crippen LogP contribution in [-0.4, -0.2) is 17.1 Å². The van der Waals surface area contributed by atoms with Gasteiger partial charge in [-0.3, -0.25) is 4.79 Å². The molecule has 1 heterocycles. The zero-order valence-corrected chi connectivity index (χ0v) is 9.19. The van der Waals surface area contributed by atoms with E-state index in [-0.39, 0.29) is 5.92 Å². The average Bonchev–Trinajstić information content (AvgIpc) is 2.79. The number of aliphatic carboxylic acids is 1. The highest BCUT2D eigenvalue weighted by molar-refractivity contribution is 5.70. The molecule has 0 amide bonds. The van der Waals surface area contributed by atoms with Gasteiger partial charge in [0.15, 0.2) is 0 Å². The predicted octanol–water partition coefficient (Wildman–Crippen LogP) is 2.01. The van der Waals surface area contributed by atoms with Crippen molar-refractivity contribution >= 4 is 5.97 Å². The molecule has 2 unspecified atom stereocenters. The fourth-order valence-electron chi connectivity index (χ4n) is 2.26. The highest BCUT2D eigenvalue weighted by Crippen LogP contribution is 2.24. The Hall–Kier alpha value is -1.29. The highest BCUT2D eigenvalue weighted by atomic mass is 16.4. The lowest BCUT2D eigenvalue weighted by molar-refractivity contribution is -0.143.